The molecular weight excluding hydrogens is 265 g/mol. The van der Waals surface area contributed by atoms with E-state index in [0.717, 1.165) is 32.1 Å². The first-order chi connectivity index (χ1) is 10.1. The Kier molecular flexibility index (Phi) is 4.57. The second kappa shape index (κ2) is 6.42. The van der Waals surface area contributed by atoms with Gasteiger partial charge in [0.05, 0.1) is 0 Å². The number of likely N-dealkylation sites (N-methyl/N-ethyl adjacent to an activating group) is 1. The highest BCUT2D eigenvalue weighted by molar-refractivity contribution is 5.20. The third-order valence-electron chi connectivity index (χ3n) is 5.29. The monoisotopic (exact) mass is 291 g/mol. The minimum Gasteiger partial charge on any atom is -0.324 e. The van der Waals surface area contributed by atoms with Gasteiger partial charge in [0.1, 0.15) is 5.82 Å². The zero-order chi connectivity index (χ0) is 14.8. The van der Waals surface area contributed by atoms with Gasteiger partial charge in [0, 0.05) is 36.8 Å². The summed E-state index contributed by atoms with van der Waals surface area (Å²) >= 11 is 0. The van der Waals surface area contributed by atoms with Crippen LogP contribution in [0.25, 0.3) is 0 Å². The second-order valence-electron chi connectivity index (χ2n) is 6.56. The van der Waals surface area contributed by atoms with Crippen LogP contribution in [0.5, 0.6) is 0 Å². The number of hydrogen-bond donors (Lipinski definition) is 1. The summed E-state index contributed by atoms with van der Waals surface area (Å²) in [6.45, 7) is 3.25. The summed E-state index contributed by atoms with van der Waals surface area (Å²) in [6, 6.07) is 8.13. The molecule has 2 aliphatic rings. The molecule has 2 heterocycles. The third-order valence-corrected chi connectivity index (χ3v) is 5.29. The summed E-state index contributed by atoms with van der Waals surface area (Å²) in [5.41, 5.74) is 6.82. The molecule has 3 unspecified atom stereocenters. The van der Waals surface area contributed by atoms with Crippen molar-refractivity contribution in [1.29, 1.82) is 0 Å². The minimum atomic E-state index is -0.204. The molecule has 4 heteroatoms. The van der Waals surface area contributed by atoms with Gasteiger partial charge in [-0.3, -0.25) is 4.90 Å². The Hall–Kier alpha value is -0.970. The molecule has 2 bridgehead atoms. The standard InChI is InChI=1S/C17H26FN3/c1-20-13-6-7-14(20)12-21(10-8-13)11-9-17(19)15-4-2-3-5-16(15)18/h2-5,13-14,17H,6-12,19H2,1H3. The molecule has 0 saturated carbocycles. The molecule has 0 aromatic heterocycles. The van der Waals surface area contributed by atoms with Crippen molar-refractivity contribution in [2.24, 2.45) is 5.73 Å². The first-order valence-corrected chi connectivity index (χ1v) is 8.09. The normalized spacial score (nSPS) is 28.5. The predicted molar refractivity (Wildman–Crippen MR) is 83.6 cm³/mol. The van der Waals surface area contributed by atoms with Crippen molar-refractivity contribution < 1.29 is 4.39 Å². The Morgan fingerprint density at radius 3 is 2.81 bits per heavy atom. The van der Waals surface area contributed by atoms with E-state index in [9.17, 15) is 4.39 Å². The van der Waals surface area contributed by atoms with Crippen LogP contribution in [-0.2, 0) is 0 Å². The molecular formula is C17H26FN3. The molecule has 3 atom stereocenters. The SMILES string of the molecule is CN1C2CCC1CN(CCC(N)c1ccccc1F)CC2. The van der Waals surface area contributed by atoms with Crippen molar-refractivity contribution in [1.82, 2.24) is 9.80 Å². The molecule has 2 fully saturated rings. The molecule has 21 heavy (non-hydrogen) atoms. The van der Waals surface area contributed by atoms with E-state index in [2.05, 4.69) is 16.8 Å². The van der Waals surface area contributed by atoms with Crippen LogP contribution < -0.4 is 5.73 Å². The molecule has 116 valence electrons. The molecule has 3 rings (SSSR count). The fourth-order valence-corrected chi connectivity index (χ4v) is 3.84. The smallest absolute Gasteiger partial charge is 0.127 e. The summed E-state index contributed by atoms with van der Waals surface area (Å²) in [4.78, 5) is 5.07. The van der Waals surface area contributed by atoms with E-state index in [1.807, 2.05) is 6.07 Å². The van der Waals surface area contributed by atoms with Crippen molar-refractivity contribution in [2.45, 2.75) is 43.8 Å². The fraction of sp³-hybridized carbons (Fsp3) is 0.647. The zero-order valence-corrected chi connectivity index (χ0v) is 12.8. The Morgan fingerprint density at radius 1 is 1.24 bits per heavy atom. The number of hydrogen-bond acceptors (Lipinski definition) is 3. The van der Waals surface area contributed by atoms with Crippen molar-refractivity contribution >= 4 is 0 Å². The van der Waals surface area contributed by atoms with Crippen LogP contribution >= 0.6 is 0 Å². The first kappa shape index (κ1) is 14.9. The maximum Gasteiger partial charge on any atom is 0.127 e. The number of nitrogens with zero attached hydrogens (tertiary/aromatic N) is 2. The number of likely N-dealkylation sites (tertiary alicyclic amines) is 1. The first-order valence-electron chi connectivity index (χ1n) is 8.09. The van der Waals surface area contributed by atoms with Gasteiger partial charge < -0.3 is 10.6 Å². The largest absolute Gasteiger partial charge is 0.324 e. The lowest BCUT2D eigenvalue weighted by atomic mass is 10.0. The summed E-state index contributed by atoms with van der Waals surface area (Å²) in [7, 11) is 2.26. The van der Waals surface area contributed by atoms with Crippen LogP contribution in [0.4, 0.5) is 4.39 Å². The summed E-state index contributed by atoms with van der Waals surface area (Å²) in [5.74, 6) is -0.181. The Balaban J connectivity index is 1.54. The lowest BCUT2D eigenvalue weighted by Crippen LogP contribution is -2.37. The molecule has 2 aliphatic heterocycles. The molecule has 1 aromatic rings. The van der Waals surface area contributed by atoms with E-state index < -0.39 is 0 Å². The summed E-state index contributed by atoms with van der Waals surface area (Å²) in [5, 5.41) is 0. The van der Waals surface area contributed by atoms with Gasteiger partial charge in [0.25, 0.3) is 0 Å². The molecule has 2 saturated heterocycles. The molecule has 2 N–H and O–H groups in total. The van der Waals surface area contributed by atoms with E-state index in [0.29, 0.717) is 11.6 Å². The van der Waals surface area contributed by atoms with Gasteiger partial charge in [-0.15, -0.1) is 0 Å². The highest BCUT2D eigenvalue weighted by Crippen LogP contribution is 2.29. The molecule has 3 nitrogen and oxygen atoms in total. The average molecular weight is 291 g/mol. The Bertz CT molecular complexity index is 479. The van der Waals surface area contributed by atoms with Crippen molar-refractivity contribution in [2.75, 3.05) is 26.7 Å². The van der Waals surface area contributed by atoms with Gasteiger partial charge in [0.15, 0.2) is 0 Å². The van der Waals surface area contributed by atoms with Crippen LogP contribution in [-0.4, -0.2) is 48.6 Å². The molecule has 0 spiro atoms. The molecule has 0 radical (unpaired) electrons. The van der Waals surface area contributed by atoms with Gasteiger partial charge in [-0.2, -0.15) is 0 Å². The summed E-state index contributed by atoms with van der Waals surface area (Å²) in [6.07, 6.45) is 4.74. The fourth-order valence-electron chi connectivity index (χ4n) is 3.84. The second-order valence-corrected chi connectivity index (χ2v) is 6.56. The number of rotatable bonds is 4. The van der Waals surface area contributed by atoms with Gasteiger partial charge in [-0.05, 0) is 45.3 Å². The van der Waals surface area contributed by atoms with E-state index in [1.54, 1.807) is 12.1 Å². The molecule has 0 amide bonds. The van der Waals surface area contributed by atoms with Crippen LogP contribution in [0.2, 0.25) is 0 Å². The van der Waals surface area contributed by atoms with Crippen molar-refractivity contribution in [3.8, 4) is 0 Å². The van der Waals surface area contributed by atoms with Crippen molar-refractivity contribution in [3.05, 3.63) is 35.6 Å². The average Bonchev–Trinajstić information content (AvgIpc) is 2.72. The Labute approximate surface area is 126 Å². The van der Waals surface area contributed by atoms with Crippen molar-refractivity contribution in [3.63, 3.8) is 0 Å². The number of halogens is 1. The Morgan fingerprint density at radius 2 is 2.00 bits per heavy atom. The number of fused-ring (bicyclic) bond motifs is 2. The van der Waals surface area contributed by atoms with Crippen LogP contribution in [0.3, 0.4) is 0 Å². The van der Waals surface area contributed by atoms with E-state index in [4.69, 9.17) is 5.73 Å². The highest BCUT2D eigenvalue weighted by Gasteiger charge is 2.34. The quantitative estimate of drug-likeness (QED) is 0.924. The van der Waals surface area contributed by atoms with Gasteiger partial charge in [-0.25, -0.2) is 4.39 Å². The van der Waals surface area contributed by atoms with E-state index in [-0.39, 0.29) is 11.9 Å². The predicted octanol–water partition coefficient (Wildman–Crippen LogP) is 2.38. The summed E-state index contributed by atoms with van der Waals surface area (Å²) < 4.78 is 13.7. The van der Waals surface area contributed by atoms with Gasteiger partial charge >= 0.3 is 0 Å². The van der Waals surface area contributed by atoms with Crippen LogP contribution in [0, 0.1) is 5.82 Å². The van der Waals surface area contributed by atoms with Crippen LogP contribution in [0.15, 0.2) is 24.3 Å². The maximum absolute atomic E-state index is 13.7. The van der Waals surface area contributed by atoms with Crippen LogP contribution in [0.1, 0.15) is 37.3 Å². The van der Waals surface area contributed by atoms with E-state index >= 15 is 0 Å². The van der Waals surface area contributed by atoms with Gasteiger partial charge in [0.2, 0.25) is 0 Å². The van der Waals surface area contributed by atoms with Gasteiger partial charge in [-0.1, -0.05) is 18.2 Å². The third kappa shape index (κ3) is 3.28. The topological polar surface area (TPSA) is 32.5 Å². The van der Waals surface area contributed by atoms with E-state index in [1.165, 1.54) is 25.3 Å². The lowest BCUT2D eigenvalue weighted by molar-refractivity contribution is 0.215. The number of benzene rings is 1. The highest BCUT2D eigenvalue weighted by atomic mass is 19.1. The minimum absolute atomic E-state index is 0.181. The molecule has 1 aromatic carbocycles. The maximum atomic E-state index is 13.7. The molecule has 0 aliphatic carbocycles. The lowest BCUT2D eigenvalue weighted by Gasteiger charge is -2.26. The number of nitrogens with two attached hydrogens (primary N) is 1. The zero-order valence-electron chi connectivity index (χ0n) is 12.8.